The Morgan fingerprint density at radius 3 is 2.90 bits per heavy atom. The number of aromatic nitrogens is 2. The van der Waals surface area contributed by atoms with Gasteiger partial charge in [-0.15, -0.1) is 0 Å². The van der Waals surface area contributed by atoms with Crippen molar-refractivity contribution in [3.8, 4) is 11.3 Å². The first kappa shape index (κ1) is 20.0. The van der Waals surface area contributed by atoms with Gasteiger partial charge in [0.05, 0.1) is 23.5 Å². The first-order valence-electron chi connectivity index (χ1n) is 10.2. The van der Waals surface area contributed by atoms with Gasteiger partial charge in [-0.2, -0.15) is 0 Å². The molecule has 3 aromatic rings. The number of benzene rings is 1. The molecule has 0 saturated carbocycles. The van der Waals surface area contributed by atoms with Crippen molar-refractivity contribution >= 4 is 11.6 Å². The fourth-order valence-electron chi connectivity index (χ4n) is 4.05. The van der Waals surface area contributed by atoms with Crippen molar-refractivity contribution in [2.24, 2.45) is 5.92 Å². The van der Waals surface area contributed by atoms with Crippen molar-refractivity contribution in [3.05, 3.63) is 77.5 Å². The summed E-state index contributed by atoms with van der Waals surface area (Å²) in [6.45, 7) is 3.33. The maximum atomic E-state index is 13.4. The number of hydrogen-bond donors (Lipinski definition) is 1. The highest BCUT2D eigenvalue weighted by Crippen LogP contribution is 2.26. The van der Waals surface area contributed by atoms with Crippen molar-refractivity contribution in [2.75, 3.05) is 18.8 Å². The van der Waals surface area contributed by atoms with Gasteiger partial charge in [-0.1, -0.05) is 6.07 Å². The molecule has 1 unspecified atom stereocenters. The van der Waals surface area contributed by atoms with E-state index < -0.39 is 0 Å². The molecule has 0 radical (unpaired) electrons. The number of anilines is 1. The molecule has 1 fully saturated rings. The first-order valence-corrected chi connectivity index (χ1v) is 10.2. The number of amides is 1. The van der Waals surface area contributed by atoms with Crippen LogP contribution in [0.3, 0.4) is 0 Å². The van der Waals surface area contributed by atoms with Gasteiger partial charge in [0.25, 0.3) is 0 Å². The van der Waals surface area contributed by atoms with E-state index in [4.69, 9.17) is 5.73 Å². The molecule has 5 nitrogen and oxygen atoms in total. The Balaban J connectivity index is 1.44. The predicted molar refractivity (Wildman–Crippen MR) is 115 cm³/mol. The number of carbonyl (C=O) groups is 1. The number of nitrogen functional groups attached to an aromatic ring is 1. The lowest BCUT2D eigenvalue weighted by atomic mass is 10.00. The number of nitrogens with zero attached hydrogens (tertiary/aromatic N) is 3. The lowest BCUT2D eigenvalue weighted by molar-refractivity contribution is -0.129. The van der Waals surface area contributed by atoms with E-state index in [9.17, 15) is 9.18 Å². The molecule has 0 bridgehead atoms. The molecular formula is C24H25FN4O. The van der Waals surface area contributed by atoms with E-state index in [1.807, 2.05) is 30.2 Å². The summed E-state index contributed by atoms with van der Waals surface area (Å²) < 4.78 is 13.4. The van der Waals surface area contributed by atoms with E-state index in [-0.39, 0.29) is 18.1 Å². The smallest absolute Gasteiger partial charge is 0.228 e. The number of pyridine rings is 2. The van der Waals surface area contributed by atoms with Gasteiger partial charge >= 0.3 is 0 Å². The van der Waals surface area contributed by atoms with E-state index in [1.54, 1.807) is 18.3 Å². The quantitative estimate of drug-likeness (QED) is 0.702. The van der Waals surface area contributed by atoms with Crippen molar-refractivity contribution in [1.29, 1.82) is 0 Å². The highest BCUT2D eigenvalue weighted by atomic mass is 19.1. The third kappa shape index (κ3) is 4.48. The topological polar surface area (TPSA) is 72.1 Å². The van der Waals surface area contributed by atoms with Crippen LogP contribution in [0, 0.1) is 18.7 Å². The Hall–Kier alpha value is -3.28. The van der Waals surface area contributed by atoms with Gasteiger partial charge in [-0.05, 0) is 73.2 Å². The number of nitrogens with two attached hydrogens (primary N) is 1. The van der Waals surface area contributed by atoms with Crippen molar-refractivity contribution in [2.45, 2.75) is 26.2 Å². The number of hydrogen-bond acceptors (Lipinski definition) is 4. The minimum Gasteiger partial charge on any atom is -0.397 e. The molecule has 2 aromatic heterocycles. The molecule has 3 heterocycles. The fraction of sp³-hybridized carbons (Fsp3) is 0.292. The van der Waals surface area contributed by atoms with Gasteiger partial charge in [0.1, 0.15) is 5.82 Å². The second-order valence-corrected chi connectivity index (χ2v) is 7.93. The average Bonchev–Trinajstić information content (AvgIpc) is 3.19. The van der Waals surface area contributed by atoms with Gasteiger partial charge in [0.2, 0.25) is 5.91 Å². The number of rotatable bonds is 5. The largest absolute Gasteiger partial charge is 0.397 e. The van der Waals surface area contributed by atoms with E-state index in [2.05, 4.69) is 16.0 Å². The van der Waals surface area contributed by atoms with Crippen molar-refractivity contribution in [3.63, 3.8) is 0 Å². The van der Waals surface area contributed by atoms with Crippen LogP contribution in [0.5, 0.6) is 0 Å². The molecule has 2 N–H and O–H groups in total. The van der Waals surface area contributed by atoms with Crippen LogP contribution < -0.4 is 5.73 Å². The van der Waals surface area contributed by atoms with Crippen LogP contribution >= 0.6 is 0 Å². The van der Waals surface area contributed by atoms with Gasteiger partial charge in [0.15, 0.2) is 0 Å². The normalized spacial score (nSPS) is 16.1. The molecule has 4 rings (SSSR count). The maximum absolute atomic E-state index is 13.4. The first-order chi connectivity index (χ1) is 14.5. The van der Waals surface area contributed by atoms with Gasteiger partial charge in [-0.3, -0.25) is 14.8 Å². The van der Waals surface area contributed by atoms with Crippen molar-refractivity contribution < 1.29 is 9.18 Å². The van der Waals surface area contributed by atoms with Crippen LogP contribution in [0.25, 0.3) is 11.3 Å². The fourth-order valence-corrected chi connectivity index (χ4v) is 4.05. The highest BCUT2D eigenvalue weighted by Gasteiger charge is 2.27. The Labute approximate surface area is 175 Å². The zero-order valence-corrected chi connectivity index (χ0v) is 17.0. The predicted octanol–water partition coefficient (Wildman–Crippen LogP) is 3.81. The zero-order valence-electron chi connectivity index (χ0n) is 17.0. The van der Waals surface area contributed by atoms with Crippen LogP contribution in [-0.2, 0) is 17.6 Å². The van der Waals surface area contributed by atoms with Crippen LogP contribution in [0.2, 0.25) is 0 Å². The van der Waals surface area contributed by atoms with Gasteiger partial charge in [-0.25, -0.2) is 4.39 Å². The van der Waals surface area contributed by atoms with Gasteiger partial charge in [0, 0.05) is 31.0 Å². The van der Waals surface area contributed by atoms with Crippen LogP contribution in [0.4, 0.5) is 10.1 Å². The monoisotopic (exact) mass is 404 g/mol. The van der Waals surface area contributed by atoms with Crippen LogP contribution in [0.15, 0.2) is 54.9 Å². The minimum absolute atomic E-state index is 0.0378. The lowest BCUT2D eigenvalue weighted by Crippen LogP contribution is -2.30. The molecular weight excluding hydrogens is 379 g/mol. The standard InChI is InChI=1S/C24H25FN4O/c1-16-11-19(25)4-5-20(16)22-7-6-21(26)23(28-22)13-24(30)29-10-8-18(15-29)12-17-3-2-9-27-14-17/h2-7,9,11,14,18H,8,10,12-13,15,26H2,1H3. The highest BCUT2D eigenvalue weighted by molar-refractivity contribution is 5.80. The summed E-state index contributed by atoms with van der Waals surface area (Å²) >= 11 is 0. The van der Waals surface area contributed by atoms with Crippen molar-refractivity contribution in [1.82, 2.24) is 14.9 Å². The summed E-state index contributed by atoms with van der Waals surface area (Å²) in [6, 6.07) is 12.2. The third-order valence-electron chi connectivity index (χ3n) is 5.68. The Morgan fingerprint density at radius 1 is 1.27 bits per heavy atom. The Kier molecular flexibility index (Phi) is 5.74. The minimum atomic E-state index is -0.281. The summed E-state index contributed by atoms with van der Waals surface area (Å²) in [4.78, 5) is 23.6. The molecule has 1 aliphatic heterocycles. The van der Waals surface area contributed by atoms with Gasteiger partial charge < -0.3 is 10.6 Å². The lowest BCUT2D eigenvalue weighted by Gasteiger charge is -2.17. The molecule has 154 valence electrons. The number of likely N-dealkylation sites (tertiary alicyclic amines) is 1. The van der Waals surface area contributed by atoms with Crippen LogP contribution in [-0.4, -0.2) is 33.9 Å². The zero-order chi connectivity index (χ0) is 21.1. The Morgan fingerprint density at radius 2 is 2.13 bits per heavy atom. The van der Waals surface area contributed by atoms with E-state index in [0.29, 0.717) is 23.0 Å². The molecule has 1 amide bonds. The molecule has 0 aliphatic carbocycles. The van der Waals surface area contributed by atoms with E-state index >= 15 is 0 Å². The summed E-state index contributed by atoms with van der Waals surface area (Å²) in [6.07, 6.45) is 5.74. The molecule has 1 atom stereocenters. The maximum Gasteiger partial charge on any atom is 0.228 e. The molecule has 0 spiro atoms. The van der Waals surface area contributed by atoms with Crippen LogP contribution in [0.1, 0.15) is 23.2 Å². The summed E-state index contributed by atoms with van der Waals surface area (Å²) in [5.41, 5.74) is 10.7. The molecule has 30 heavy (non-hydrogen) atoms. The SMILES string of the molecule is Cc1cc(F)ccc1-c1ccc(N)c(CC(=O)N2CCC(Cc3cccnc3)C2)n1. The number of aryl methyl sites for hydroxylation is 1. The second kappa shape index (κ2) is 8.61. The van der Waals surface area contributed by atoms with E-state index in [0.717, 1.165) is 37.1 Å². The molecule has 6 heteroatoms. The molecule has 1 aliphatic rings. The average molecular weight is 404 g/mol. The summed E-state index contributed by atoms with van der Waals surface area (Å²) in [5.74, 6) is 0.199. The summed E-state index contributed by atoms with van der Waals surface area (Å²) in [7, 11) is 0. The number of halogens is 1. The van der Waals surface area contributed by atoms with E-state index in [1.165, 1.54) is 17.7 Å². The summed E-state index contributed by atoms with van der Waals surface area (Å²) in [5, 5.41) is 0. The third-order valence-corrected chi connectivity index (χ3v) is 5.68. The second-order valence-electron chi connectivity index (χ2n) is 7.93. The number of carbonyl (C=O) groups excluding carboxylic acids is 1. The molecule has 1 saturated heterocycles. The Bertz CT molecular complexity index is 1050. The molecule has 1 aromatic carbocycles.